The van der Waals surface area contributed by atoms with E-state index in [2.05, 4.69) is 17.0 Å². The summed E-state index contributed by atoms with van der Waals surface area (Å²) in [7, 11) is 0. The van der Waals surface area contributed by atoms with Crippen LogP contribution in [0, 0.1) is 11.3 Å². The van der Waals surface area contributed by atoms with Crippen molar-refractivity contribution in [3.05, 3.63) is 23.8 Å². The van der Waals surface area contributed by atoms with Gasteiger partial charge in [0.15, 0.2) is 0 Å². The maximum absolute atomic E-state index is 8.60. The van der Waals surface area contributed by atoms with Gasteiger partial charge >= 0.3 is 0 Å². The van der Waals surface area contributed by atoms with Gasteiger partial charge in [0.25, 0.3) is 0 Å². The molecule has 2 rings (SSSR count). The lowest BCUT2D eigenvalue weighted by Crippen LogP contribution is -2.30. The second-order valence-corrected chi connectivity index (χ2v) is 3.84. The van der Waals surface area contributed by atoms with Crippen molar-refractivity contribution in [1.29, 1.82) is 5.26 Å². The molecule has 0 fully saturated rings. The van der Waals surface area contributed by atoms with Gasteiger partial charge in [-0.3, -0.25) is 0 Å². The highest BCUT2D eigenvalue weighted by molar-refractivity contribution is 5.66. The fourth-order valence-electron chi connectivity index (χ4n) is 2.15. The van der Waals surface area contributed by atoms with Crippen LogP contribution in [0.3, 0.4) is 0 Å². The van der Waals surface area contributed by atoms with Crippen molar-refractivity contribution in [2.45, 2.75) is 19.3 Å². The molecule has 0 spiro atoms. The summed E-state index contributed by atoms with van der Waals surface area (Å²) in [5.74, 6) is 0. The lowest BCUT2D eigenvalue weighted by atomic mass is 10.00. The smallest absolute Gasteiger partial charge is 0.0640 e. The lowest BCUT2D eigenvalue weighted by Gasteiger charge is -2.31. The monoisotopic (exact) mass is 201 g/mol. The van der Waals surface area contributed by atoms with E-state index in [1.54, 1.807) is 0 Å². The van der Waals surface area contributed by atoms with Gasteiger partial charge in [-0.05, 0) is 30.5 Å². The number of benzene rings is 1. The average Bonchev–Trinajstić information content (AvgIpc) is 2.27. The molecule has 0 amide bonds. The van der Waals surface area contributed by atoms with Crippen LogP contribution in [0.2, 0.25) is 0 Å². The minimum absolute atomic E-state index is 0.578. The number of nitrogens with zero attached hydrogens (tertiary/aromatic N) is 2. The number of fused-ring (bicyclic) bond motifs is 1. The van der Waals surface area contributed by atoms with Crippen molar-refractivity contribution in [2.75, 3.05) is 23.7 Å². The average molecular weight is 201 g/mol. The van der Waals surface area contributed by atoms with Crippen LogP contribution in [-0.2, 0) is 6.42 Å². The predicted molar refractivity (Wildman–Crippen MR) is 61.6 cm³/mol. The van der Waals surface area contributed by atoms with E-state index in [1.807, 2.05) is 12.1 Å². The van der Waals surface area contributed by atoms with Gasteiger partial charge in [0.05, 0.1) is 12.5 Å². The third-order valence-electron chi connectivity index (χ3n) is 2.88. The van der Waals surface area contributed by atoms with Crippen molar-refractivity contribution in [3.63, 3.8) is 0 Å². The quantitative estimate of drug-likeness (QED) is 0.744. The molecule has 3 nitrogen and oxygen atoms in total. The van der Waals surface area contributed by atoms with E-state index in [0.717, 1.165) is 31.6 Å². The third kappa shape index (κ3) is 1.89. The first-order valence-corrected chi connectivity index (χ1v) is 5.32. The summed E-state index contributed by atoms with van der Waals surface area (Å²) >= 11 is 0. The Balaban J connectivity index is 2.27. The van der Waals surface area contributed by atoms with E-state index in [-0.39, 0.29) is 0 Å². The molecule has 0 radical (unpaired) electrons. The molecule has 0 aliphatic carbocycles. The highest BCUT2D eigenvalue weighted by Gasteiger charge is 2.17. The Labute approximate surface area is 90.1 Å². The number of rotatable bonds is 2. The Morgan fingerprint density at radius 1 is 1.47 bits per heavy atom. The zero-order valence-electron chi connectivity index (χ0n) is 8.74. The van der Waals surface area contributed by atoms with E-state index in [4.69, 9.17) is 11.0 Å². The minimum atomic E-state index is 0.578. The summed E-state index contributed by atoms with van der Waals surface area (Å²) < 4.78 is 0. The first kappa shape index (κ1) is 9.85. The fourth-order valence-corrected chi connectivity index (χ4v) is 2.15. The van der Waals surface area contributed by atoms with Crippen LogP contribution in [0.1, 0.15) is 18.4 Å². The van der Waals surface area contributed by atoms with Crippen LogP contribution in [0.25, 0.3) is 0 Å². The number of anilines is 2. The van der Waals surface area contributed by atoms with Gasteiger partial charge in [-0.1, -0.05) is 6.07 Å². The van der Waals surface area contributed by atoms with E-state index >= 15 is 0 Å². The first-order valence-electron chi connectivity index (χ1n) is 5.32. The predicted octanol–water partition coefficient (Wildman–Crippen LogP) is 1.94. The van der Waals surface area contributed by atoms with Gasteiger partial charge in [0.1, 0.15) is 0 Å². The van der Waals surface area contributed by atoms with Gasteiger partial charge in [-0.15, -0.1) is 0 Å². The van der Waals surface area contributed by atoms with Crippen molar-refractivity contribution in [2.24, 2.45) is 0 Å². The Kier molecular flexibility index (Phi) is 2.77. The number of hydrogen-bond donors (Lipinski definition) is 1. The van der Waals surface area contributed by atoms with Crippen molar-refractivity contribution in [3.8, 4) is 6.07 Å². The highest BCUT2D eigenvalue weighted by Crippen LogP contribution is 2.30. The number of nitriles is 1. The van der Waals surface area contributed by atoms with Crippen LogP contribution < -0.4 is 10.6 Å². The van der Waals surface area contributed by atoms with Crippen molar-refractivity contribution < 1.29 is 0 Å². The molecule has 1 aromatic carbocycles. The molecular weight excluding hydrogens is 186 g/mol. The molecule has 0 unspecified atom stereocenters. The van der Waals surface area contributed by atoms with Gasteiger partial charge in [-0.2, -0.15) is 5.26 Å². The van der Waals surface area contributed by atoms with Gasteiger partial charge in [0.2, 0.25) is 0 Å². The Hall–Kier alpha value is -1.69. The van der Waals surface area contributed by atoms with E-state index in [1.165, 1.54) is 11.3 Å². The van der Waals surface area contributed by atoms with Crippen LogP contribution in [0.5, 0.6) is 0 Å². The summed E-state index contributed by atoms with van der Waals surface area (Å²) in [5.41, 5.74) is 9.29. The first-order chi connectivity index (χ1) is 7.33. The molecule has 3 heteroatoms. The summed E-state index contributed by atoms with van der Waals surface area (Å²) in [6.07, 6.45) is 2.77. The summed E-state index contributed by atoms with van der Waals surface area (Å²) in [4.78, 5) is 2.26. The molecule has 1 aliphatic rings. The zero-order chi connectivity index (χ0) is 10.7. The summed E-state index contributed by atoms with van der Waals surface area (Å²) in [6, 6.07) is 8.22. The van der Waals surface area contributed by atoms with E-state index in [9.17, 15) is 0 Å². The van der Waals surface area contributed by atoms with E-state index in [0.29, 0.717) is 6.42 Å². The molecule has 0 atom stereocenters. The summed E-state index contributed by atoms with van der Waals surface area (Å²) in [6.45, 7) is 1.85. The molecule has 1 aromatic rings. The molecule has 1 heterocycles. The second kappa shape index (κ2) is 4.22. The molecule has 15 heavy (non-hydrogen) atoms. The molecular formula is C12H15N3. The Morgan fingerprint density at radius 2 is 2.33 bits per heavy atom. The van der Waals surface area contributed by atoms with Gasteiger partial charge in [-0.25, -0.2) is 0 Å². The summed E-state index contributed by atoms with van der Waals surface area (Å²) in [5, 5.41) is 8.60. The standard InChI is InChI=1S/C12H15N3/c13-7-3-9-15-8-2-4-10-11(14)5-1-6-12(10)15/h1,5-6H,2-4,8-9,14H2. The third-order valence-corrected chi connectivity index (χ3v) is 2.88. The molecule has 0 saturated heterocycles. The highest BCUT2D eigenvalue weighted by atomic mass is 15.1. The van der Waals surface area contributed by atoms with Crippen LogP contribution in [-0.4, -0.2) is 13.1 Å². The van der Waals surface area contributed by atoms with Crippen LogP contribution in [0.15, 0.2) is 18.2 Å². The van der Waals surface area contributed by atoms with E-state index < -0.39 is 0 Å². The molecule has 0 bridgehead atoms. The number of nitrogens with two attached hydrogens (primary N) is 1. The van der Waals surface area contributed by atoms with Gasteiger partial charge < -0.3 is 10.6 Å². The Bertz CT molecular complexity index is 392. The minimum Gasteiger partial charge on any atom is -0.398 e. The number of nitrogen functional groups attached to an aromatic ring is 1. The van der Waals surface area contributed by atoms with Crippen LogP contribution in [0.4, 0.5) is 11.4 Å². The molecule has 1 aliphatic heterocycles. The maximum atomic E-state index is 8.60. The largest absolute Gasteiger partial charge is 0.398 e. The number of hydrogen-bond acceptors (Lipinski definition) is 3. The lowest BCUT2D eigenvalue weighted by molar-refractivity contribution is 0.695. The maximum Gasteiger partial charge on any atom is 0.0640 e. The van der Waals surface area contributed by atoms with Gasteiger partial charge in [0, 0.05) is 24.5 Å². The Morgan fingerprint density at radius 3 is 3.13 bits per heavy atom. The zero-order valence-corrected chi connectivity index (χ0v) is 8.74. The SMILES string of the molecule is N#CCCN1CCCc2c(N)cccc21. The second-order valence-electron chi connectivity index (χ2n) is 3.84. The molecule has 2 N–H and O–H groups in total. The van der Waals surface area contributed by atoms with Crippen molar-refractivity contribution in [1.82, 2.24) is 0 Å². The molecule has 0 saturated carbocycles. The molecule has 0 aromatic heterocycles. The topological polar surface area (TPSA) is 53.0 Å². The van der Waals surface area contributed by atoms with Crippen LogP contribution >= 0.6 is 0 Å². The normalized spacial score (nSPS) is 14.5. The molecule has 78 valence electrons. The fraction of sp³-hybridized carbons (Fsp3) is 0.417. The van der Waals surface area contributed by atoms with Crippen molar-refractivity contribution >= 4 is 11.4 Å².